The first-order valence-electron chi connectivity index (χ1n) is 2.86. The summed E-state index contributed by atoms with van der Waals surface area (Å²) in [5.41, 5.74) is 11.4. The van der Waals surface area contributed by atoms with Crippen LogP contribution in [0, 0.1) is 5.41 Å². The van der Waals surface area contributed by atoms with Gasteiger partial charge in [-0.1, -0.05) is 0 Å². The predicted octanol–water partition coefficient (Wildman–Crippen LogP) is 0.913. The van der Waals surface area contributed by atoms with Crippen LogP contribution < -0.4 is 11.5 Å². The number of thiophene rings is 1. The largest absolute Gasteiger partial charge is 0.384 e. The van der Waals surface area contributed by atoms with E-state index in [1.54, 1.807) is 0 Å². The molecule has 0 saturated heterocycles. The van der Waals surface area contributed by atoms with E-state index in [1.165, 1.54) is 11.3 Å². The van der Waals surface area contributed by atoms with Crippen LogP contribution in [0.25, 0.3) is 0 Å². The summed E-state index contributed by atoms with van der Waals surface area (Å²) in [7, 11) is 0. The maximum atomic E-state index is 7.07. The van der Waals surface area contributed by atoms with Gasteiger partial charge >= 0.3 is 0 Å². The van der Waals surface area contributed by atoms with Crippen molar-refractivity contribution in [2.24, 2.45) is 11.5 Å². The monoisotopic (exact) mass is 191 g/mol. The van der Waals surface area contributed by atoms with Crippen LogP contribution >= 0.6 is 23.7 Å². The van der Waals surface area contributed by atoms with Crippen LogP contribution in [0.1, 0.15) is 10.4 Å². The molecule has 0 saturated carbocycles. The Labute approximate surface area is 75.3 Å². The number of nitrogens with two attached hydrogens (primary N) is 2. The van der Waals surface area contributed by atoms with Crippen molar-refractivity contribution in [2.45, 2.75) is 6.54 Å². The van der Waals surface area contributed by atoms with Gasteiger partial charge in [-0.3, -0.25) is 5.41 Å². The van der Waals surface area contributed by atoms with Crippen LogP contribution in [0.3, 0.4) is 0 Å². The zero-order valence-corrected chi connectivity index (χ0v) is 7.47. The van der Waals surface area contributed by atoms with Gasteiger partial charge in [0, 0.05) is 22.4 Å². The van der Waals surface area contributed by atoms with Crippen molar-refractivity contribution < 1.29 is 0 Å². The highest BCUT2D eigenvalue weighted by Gasteiger charge is 1.98. The van der Waals surface area contributed by atoms with E-state index in [0.29, 0.717) is 6.54 Å². The van der Waals surface area contributed by atoms with Gasteiger partial charge in [0.25, 0.3) is 0 Å². The van der Waals surface area contributed by atoms with Gasteiger partial charge in [-0.15, -0.1) is 23.7 Å². The second-order valence-corrected chi connectivity index (χ2v) is 2.92. The van der Waals surface area contributed by atoms with Crippen molar-refractivity contribution in [3.05, 3.63) is 21.9 Å². The zero-order chi connectivity index (χ0) is 7.56. The average Bonchev–Trinajstić information content (AvgIpc) is 2.34. The number of hydrogen-bond donors (Lipinski definition) is 3. The summed E-state index contributed by atoms with van der Waals surface area (Å²) in [5.74, 6) is 0.107. The molecular formula is C6H10ClN3S. The fourth-order valence-corrected chi connectivity index (χ4v) is 1.39. The van der Waals surface area contributed by atoms with Crippen LogP contribution in [0.4, 0.5) is 0 Å². The van der Waals surface area contributed by atoms with Gasteiger partial charge in [0.2, 0.25) is 0 Å². The first-order chi connectivity index (χ1) is 4.74. The molecule has 0 spiro atoms. The van der Waals surface area contributed by atoms with Gasteiger partial charge in [-0.2, -0.15) is 0 Å². The number of amidine groups is 1. The Kier molecular flexibility index (Phi) is 4.10. The van der Waals surface area contributed by atoms with Crippen LogP contribution in [-0.2, 0) is 6.54 Å². The molecule has 0 aliphatic heterocycles. The molecule has 0 atom stereocenters. The lowest BCUT2D eigenvalue weighted by molar-refractivity contribution is 1.11. The van der Waals surface area contributed by atoms with Crippen LogP contribution in [0.15, 0.2) is 11.4 Å². The third-order valence-corrected chi connectivity index (χ3v) is 2.12. The normalized spacial score (nSPS) is 8.82. The second-order valence-electron chi connectivity index (χ2n) is 1.92. The summed E-state index contributed by atoms with van der Waals surface area (Å²) in [4.78, 5) is 1.06. The Hall–Kier alpha value is -0.580. The summed E-state index contributed by atoms with van der Waals surface area (Å²) in [5, 5.41) is 8.91. The Morgan fingerprint density at radius 3 is 2.55 bits per heavy atom. The van der Waals surface area contributed by atoms with Crippen LogP contribution in [-0.4, -0.2) is 5.84 Å². The Morgan fingerprint density at radius 2 is 2.27 bits per heavy atom. The average molecular weight is 192 g/mol. The minimum absolute atomic E-state index is 0. The Balaban J connectivity index is 0.000001000. The molecule has 0 unspecified atom stereocenters. The fourth-order valence-electron chi connectivity index (χ4n) is 0.629. The standard InChI is InChI=1S/C6H9N3S.ClH/c7-2-5-1-4(3-10-5)6(8)9;/h1,3H,2,7H2,(H3,8,9);1H. The molecule has 1 aromatic rings. The van der Waals surface area contributed by atoms with Crippen molar-refractivity contribution in [1.82, 2.24) is 0 Å². The molecule has 0 radical (unpaired) electrons. The van der Waals surface area contributed by atoms with Crippen molar-refractivity contribution in [2.75, 3.05) is 0 Å². The Bertz CT molecular complexity index is 246. The highest BCUT2D eigenvalue weighted by Crippen LogP contribution is 2.12. The first kappa shape index (κ1) is 10.4. The van der Waals surface area contributed by atoms with Gasteiger partial charge < -0.3 is 11.5 Å². The molecule has 62 valence electrons. The van der Waals surface area contributed by atoms with Crippen molar-refractivity contribution in [3.8, 4) is 0 Å². The van der Waals surface area contributed by atoms with E-state index in [4.69, 9.17) is 16.9 Å². The lowest BCUT2D eigenvalue weighted by Crippen LogP contribution is -2.09. The summed E-state index contributed by atoms with van der Waals surface area (Å²) in [6, 6.07) is 1.84. The van der Waals surface area contributed by atoms with E-state index in [1.807, 2.05) is 11.4 Å². The van der Waals surface area contributed by atoms with Crippen molar-refractivity contribution in [1.29, 1.82) is 5.41 Å². The van der Waals surface area contributed by atoms with Crippen LogP contribution in [0.2, 0.25) is 0 Å². The summed E-state index contributed by atoms with van der Waals surface area (Å²) < 4.78 is 0. The molecule has 1 heterocycles. The predicted molar refractivity (Wildman–Crippen MR) is 50.5 cm³/mol. The number of rotatable bonds is 2. The van der Waals surface area contributed by atoms with Gasteiger partial charge in [0.15, 0.2) is 0 Å². The van der Waals surface area contributed by atoms with Gasteiger partial charge in [0.05, 0.1) is 0 Å². The van der Waals surface area contributed by atoms with E-state index in [9.17, 15) is 0 Å². The molecular weight excluding hydrogens is 182 g/mol. The number of nitrogen functional groups attached to an aromatic ring is 1. The van der Waals surface area contributed by atoms with E-state index < -0.39 is 0 Å². The maximum Gasteiger partial charge on any atom is 0.123 e. The molecule has 0 fully saturated rings. The topological polar surface area (TPSA) is 75.9 Å². The molecule has 3 nitrogen and oxygen atoms in total. The van der Waals surface area contributed by atoms with E-state index >= 15 is 0 Å². The maximum absolute atomic E-state index is 7.07. The third-order valence-electron chi connectivity index (χ3n) is 1.17. The van der Waals surface area contributed by atoms with Crippen LogP contribution in [0.5, 0.6) is 0 Å². The molecule has 0 aliphatic carbocycles. The van der Waals surface area contributed by atoms with E-state index in [-0.39, 0.29) is 18.2 Å². The molecule has 0 aromatic carbocycles. The fraction of sp³-hybridized carbons (Fsp3) is 0.167. The lowest BCUT2D eigenvalue weighted by atomic mass is 10.3. The second kappa shape index (κ2) is 4.33. The van der Waals surface area contributed by atoms with Gasteiger partial charge in [0.1, 0.15) is 5.84 Å². The SMILES string of the molecule is Cl.N=C(N)c1csc(CN)c1. The zero-order valence-electron chi connectivity index (χ0n) is 5.83. The Morgan fingerprint density at radius 1 is 1.64 bits per heavy atom. The highest BCUT2D eigenvalue weighted by atomic mass is 35.5. The summed E-state index contributed by atoms with van der Waals surface area (Å²) >= 11 is 1.53. The molecule has 0 aliphatic rings. The van der Waals surface area contributed by atoms with Gasteiger partial charge in [-0.25, -0.2) is 0 Å². The molecule has 1 aromatic heterocycles. The van der Waals surface area contributed by atoms with Crippen molar-refractivity contribution >= 4 is 29.6 Å². The minimum Gasteiger partial charge on any atom is -0.384 e. The number of nitrogens with one attached hydrogen (secondary N) is 1. The molecule has 1 rings (SSSR count). The number of hydrogen-bond acceptors (Lipinski definition) is 3. The quantitative estimate of drug-likeness (QED) is 0.480. The molecule has 5 heteroatoms. The van der Waals surface area contributed by atoms with Gasteiger partial charge in [-0.05, 0) is 6.07 Å². The summed E-state index contributed by atoms with van der Waals surface area (Å²) in [6.45, 7) is 0.526. The third kappa shape index (κ3) is 2.49. The molecule has 0 amide bonds. The first-order valence-corrected chi connectivity index (χ1v) is 3.74. The summed E-state index contributed by atoms with van der Waals surface area (Å²) in [6.07, 6.45) is 0. The molecule has 5 N–H and O–H groups in total. The minimum atomic E-state index is 0. The smallest absolute Gasteiger partial charge is 0.123 e. The number of halogens is 1. The molecule has 0 bridgehead atoms. The van der Waals surface area contributed by atoms with Crippen molar-refractivity contribution in [3.63, 3.8) is 0 Å². The molecule has 11 heavy (non-hydrogen) atoms. The van der Waals surface area contributed by atoms with E-state index in [0.717, 1.165) is 10.4 Å². The van der Waals surface area contributed by atoms with E-state index in [2.05, 4.69) is 0 Å². The lowest BCUT2D eigenvalue weighted by Gasteiger charge is -1.87. The highest BCUT2D eigenvalue weighted by molar-refractivity contribution is 7.10.